The van der Waals surface area contributed by atoms with Crippen LogP contribution in [0, 0.1) is 0 Å². The average molecular weight is 525 g/mol. The van der Waals surface area contributed by atoms with Gasteiger partial charge in [0.25, 0.3) is 0 Å². The number of aromatic hydroxyl groups is 4. The van der Waals surface area contributed by atoms with Gasteiger partial charge in [-0.3, -0.25) is 9.98 Å². The van der Waals surface area contributed by atoms with Crippen molar-refractivity contribution in [3.63, 3.8) is 0 Å². The first-order valence-corrected chi connectivity index (χ1v) is 12.6. The Morgan fingerprint density at radius 3 is 1.30 bits per heavy atom. The molecule has 0 fully saturated rings. The minimum absolute atomic E-state index is 0.219. The van der Waals surface area contributed by atoms with Gasteiger partial charge in [0.2, 0.25) is 0 Å². The zero-order chi connectivity index (χ0) is 27.6. The summed E-state index contributed by atoms with van der Waals surface area (Å²) in [5, 5.41) is 44.6. The smallest absolute Gasteiger partial charge is 0.166 e. The van der Waals surface area contributed by atoms with E-state index in [1.807, 2.05) is 72.8 Å². The molecule has 0 bridgehead atoms. The fraction of sp³-hybridized carbons (Fsp3) is 0. The van der Waals surface area contributed by atoms with Gasteiger partial charge in [0, 0.05) is 34.7 Å². The molecule has 0 amide bonds. The Kier molecular flexibility index (Phi) is 6.34. The third-order valence-electron chi connectivity index (χ3n) is 6.84. The second kappa shape index (κ2) is 10.3. The number of nitrogens with zero attached hydrogens (tertiary/aromatic N) is 2. The molecule has 4 N–H and O–H groups in total. The molecule has 0 heterocycles. The summed E-state index contributed by atoms with van der Waals surface area (Å²) in [6.07, 6.45) is 3.06. The van der Waals surface area contributed by atoms with Crippen molar-refractivity contribution in [3.05, 3.63) is 120 Å². The molecule has 0 aromatic heterocycles. The first-order chi connectivity index (χ1) is 19.5. The predicted molar refractivity (Wildman–Crippen MR) is 161 cm³/mol. The topological polar surface area (TPSA) is 106 Å². The summed E-state index contributed by atoms with van der Waals surface area (Å²) in [6.45, 7) is 0. The van der Waals surface area contributed by atoms with Crippen molar-refractivity contribution in [1.29, 1.82) is 0 Å². The molecule has 6 heteroatoms. The fourth-order valence-corrected chi connectivity index (χ4v) is 4.84. The van der Waals surface area contributed by atoms with Gasteiger partial charge in [-0.05, 0) is 57.9 Å². The molecular weight excluding hydrogens is 500 g/mol. The fourth-order valence-electron chi connectivity index (χ4n) is 4.84. The molecule has 6 nitrogen and oxygen atoms in total. The van der Waals surface area contributed by atoms with Crippen LogP contribution in [0.1, 0.15) is 11.1 Å². The average Bonchev–Trinajstić information content (AvgIpc) is 2.98. The highest BCUT2D eigenvalue weighted by Crippen LogP contribution is 2.45. The van der Waals surface area contributed by atoms with E-state index in [0.717, 1.165) is 32.7 Å². The molecular formula is C34H24N2O4. The molecule has 6 aromatic carbocycles. The Balaban J connectivity index is 1.63. The van der Waals surface area contributed by atoms with Crippen LogP contribution < -0.4 is 0 Å². The maximum absolute atomic E-state index is 10.3. The number of aliphatic imine (C=N–C) groups is 2. The highest BCUT2D eigenvalue weighted by Gasteiger charge is 2.17. The van der Waals surface area contributed by atoms with E-state index in [9.17, 15) is 20.4 Å². The third-order valence-corrected chi connectivity index (χ3v) is 6.84. The molecule has 0 saturated carbocycles. The van der Waals surface area contributed by atoms with E-state index >= 15 is 0 Å². The zero-order valence-electron chi connectivity index (χ0n) is 21.2. The van der Waals surface area contributed by atoms with Crippen molar-refractivity contribution in [3.8, 4) is 34.1 Å². The van der Waals surface area contributed by atoms with Gasteiger partial charge in [-0.15, -0.1) is 0 Å². The van der Waals surface area contributed by atoms with Crippen molar-refractivity contribution < 1.29 is 20.4 Å². The lowest BCUT2D eigenvalue weighted by molar-refractivity contribution is 0.403. The number of rotatable bonds is 5. The normalized spacial score (nSPS) is 11.7. The predicted octanol–water partition coefficient (Wildman–Crippen LogP) is 7.98. The van der Waals surface area contributed by atoms with Crippen molar-refractivity contribution in [2.75, 3.05) is 0 Å². The summed E-state index contributed by atoms with van der Waals surface area (Å²) in [7, 11) is 0. The third kappa shape index (κ3) is 4.48. The van der Waals surface area contributed by atoms with Crippen LogP contribution in [0.5, 0.6) is 23.0 Å². The van der Waals surface area contributed by atoms with Gasteiger partial charge in [-0.25, -0.2) is 0 Å². The van der Waals surface area contributed by atoms with E-state index in [-0.39, 0.29) is 23.0 Å². The number of hydrogen-bond acceptors (Lipinski definition) is 6. The summed E-state index contributed by atoms with van der Waals surface area (Å²) in [6, 6.07) is 33.3. The second-order valence-electron chi connectivity index (χ2n) is 9.31. The van der Waals surface area contributed by atoms with Gasteiger partial charge in [0.15, 0.2) is 23.0 Å². The van der Waals surface area contributed by atoms with E-state index in [2.05, 4.69) is 0 Å². The van der Waals surface area contributed by atoms with Crippen LogP contribution in [0.4, 0.5) is 11.4 Å². The van der Waals surface area contributed by atoms with Crippen molar-refractivity contribution in [2.45, 2.75) is 0 Å². The second-order valence-corrected chi connectivity index (χ2v) is 9.31. The van der Waals surface area contributed by atoms with Gasteiger partial charge >= 0.3 is 0 Å². The number of hydrogen-bond donors (Lipinski definition) is 4. The number of fused-ring (bicyclic) bond motifs is 2. The molecule has 0 unspecified atom stereocenters. The Morgan fingerprint density at radius 2 is 0.850 bits per heavy atom. The van der Waals surface area contributed by atoms with Gasteiger partial charge in [-0.1, -0.05) is 72.8 Å². The minimum atomic E-state index is -0.241. The van der Waals surface area contributed by atoms with E-state index in [4.69, 9.17) is 9.98 Å². The SMILES string of the molecule is Oc1cccc(/C=N/c2ccc3ccccc3c2-c2c(/N=C/c3cccc(O)c3O)ccc3ccccc23)c1O. The van der Waals surface area contributed by atoms with E-state index in [0.29, 0.717) is 22.5 Å². The molecule has 0 atom stereocenters. The highest BCUT2D eigenvalue weighted by atomic mass is 16.3. The van der Waals surface area contributed by atoms with Crippen LogP contribution >= 0.6 is 0 Å². The molecule has 0 aliphatic carbocycles. The number of phenols is 4. The molecule has 0 radical (unpaired) electrons. The maximum Gasteiger partial charge on any atom is 0.166 e. The molecule has 0 spiro atoms. The van der Waals surface area contributed by atoms with Gasteiger partial charge in [-0.2, -0.15) is 0 Å². The Labute approximate surface area is 230 Å². The van der Waals surface area contributed by atoms with E-state index < -0.39 is 0 Å². The number of para-hydroxylation sites is 2. The molecule has 194 valence electrons. The molecule has 6 aromatic rings. The molecule has 0 aliphatic heterocycles. The lowest BCUT2D eigenvalue weighted by atomic mass is 9.91. The quantitative estimate of drug-likeness (QED) is 0.135. The summed E-state index contributed by atoms with van der Waals surface area (Å²) in [5.74, 6) is -0.919. The standard InChI is InChI=1S/C34H24N2O4/c37-29-13-5-9-23(33(29)39)19-35-27-17-15-21-7-1-3-11-25(21)31(27)32-26-12-4-2-8-22(26)16-18-28(32)36-20-24-10-6-14-30(38)34(24)40/h1-20,37-40H/b35-19+,36-20+. The van der Waals surface area contributed by atoms with Crippen LogP contribution in [-0.4, -0.2) is 32.9 Å². The Bertz CT molecular complexity index is 1820. The van der Waals surface area contributed by atoms with E-state index in [1.54, 1.807) is 24.3 Å². The summed E-state index contributed by atoms with van der Waals surface area (Å²) in [4.78, 5) is 9.55. The minimum Gasteiger partial charge on any atom is -0.504 e. The van der Waals surface area contributed by atoms with Crippen molar-refractivity contribution in [1.82, 2.24) is 0 Å². The van der Waals surface area contributed by atoms with Crippen LogP contribution in [0.2, 0.25) is 0 Å². The largest absolute Gasteiger partial charge is 0.504 e. The summed E-state index contributed by atoms with van der Waals surface area (Å²) in [5.41, 5.74) is 3.75. The monoisotopic (exact) mass is 524 g/mol. The van der Waals surface area contributed by atoms with Crippen LogP contribution in [0.15, 0.2) is 119 Å². The molecule has 40 heavy (non-hydrogen) atoms. The van der Waals surface area contributed by atoms with Crippen molar-refractivity contribution >= 4 is 45.3 Å². The Hall–Kier alpha value is -5.62. The van der Waals surface area contributed by atoms with Gasteiger partial charge in [0.05, 0.1) is 11.4 Å². The summed E-state index contributed by atoms with van der Waals surface area (Å²) >= 11 is 0. The number of phenolic OH excluding ortho intramolecular Hbond substituents is 4. The van der Waals surface area contributed by atoms with Gasteiger partial charge < -0.3 is 20.4 Å². The van der Waals surface area contributed by atoms with Gasteiger partial charge in [0.1, 0.15) is 0 Å². The lowest BCUT2D eigenvalue weighted by Gasteiger charge is -2.16. The summed E-state index contributed by atoms with van der Waals surface area (Å²) < 4.78 is 0. The Morgan fingerprint density at radius 1 is 0.425 bits per heavy atom. The highest BCUT2D eigenvalue weighted by molar-refractivity contribution is 6.13. The van der Waals surface area contributed by atoms with Crippen LogP contribution in [-0.2, 0) is 0 Å². The van der Waals surface area contributed by atoms with Crippen LogP contribution in [0.25, 0.3) is 32.7 Å². The molecule has 6 rings (SSSR count). The maximum atomic E-state index is 10.3. The molecule has 0 saturated heterocycles. The lowest BCUT2D eigenvalue weighted by Crippen LogP contribution is -1.89. The number of benzene rings is 6. The van der Waals surface area contributed by atoms with Crippen molar-refractivity contribution in [2.24, 2.45) is 9.98 Å². The first kappa shape index (κ1) is 24.7. The first-order valence-electron chi connectivity index (χ1n) is 12.6. The van der Waals surface area contributed by atoms with E-state index in [1.165, 1.54) is 24.6 Å². The molecule has 0 aliphatic rings. The zero-order valence-corrected chi connectivity index (χ0v) is 21.2. The van der Waals surface area contributed by atoms with Crippen LogP contribution in [0.3, 0.4) is 0 Å².